The van der Waals surface area contributed by atoms with Crippen molar-refractivity contribution in [3.63, 3.8) is 0 Å². The fourth-order valence-electron chi connectivity index (χ4n) is 4.50. The molecule has 33 heavy (non-hydrogen) atoms. The molecule has 1 aliphatic heterocycles. The van der Waals surface area contributed by atoms with Crippen LogP contribution < -0.4 is 5.32 Å². The molecule has 1 aromatic heterocycles. The van der Waals surface area contributed by atoms with Crippen LogP contribution in [0.25, 0.3) is 11.3 Å². The number of hydrogen-bond acceptors (Lipinski definition) is 3. The Morgan fingerprint density at radius 1 is 1.21 bits per heavy atom. The van der Waals surface area contributed by atoms with Crippen LogP contribution in [0.3, 0.4) is 0 Å². The smallest absolute Gasteiger partial charge is 0.274 e. The molecule has 0 unspecified atom stereocenters. The van der Waals surface area contributed by atoms with Gasteiger partial charge in [0.25, 0.3) is 5.91 Å². The molecule has 0 radical (unpaired) electrons. The molecule has 1 aromatic carbocycles. The van der Waals surface area contributed by atoms with E-state index in [1.807, 2.05) is 11.9 Å². The first-order valence-corrected chi connectivity index (χ1v) is 12.4. The number of imidazole rings is 1. The molecule has 0 bridgehead atoms. The summed E-state index contributed by atoms with van der Waals surface area (Å²) < 4.78 is 2.28. The van der Waals surface area contributed by atoms with Crippen molar-refractivity contribution in [2.45, 2.75) is 80.2 Å². The zero-order chi connectivity index (χ0) is 24.5. The number of amides is 1. The average molecular weight is 451 g/mol. The van der Waals surface area contributed by atoms with Gasteiger partial charge in [0.05, 0.1) is 11.4 Å². The molecular formula is C28H42N4O. The number of benzene rings is 1. The van der Waals surface area contributed by atoms with Crippen LogP contribution in [0, 0.1) is 19.8 Å². The van der Waals surface area contributed by atoms with Gasteiger partial charge in [0, 0.05) is 19.1 Å². The predicted octanol–water partition coefficient (Wildman–Crippen LogP) is 5.50. The molecule has 0 fully saturated rings. The van der Waals surface area contributed by atoms with Gasteiger partial charge in [-0.15, -0.1) is 0 Å². The summed E-state index contributed by atoms with van der Waals surface area (Å²) >= 11 is 0. The van der Waals surface area contributed by atoms with E-state index in [-0.39, 0.29) is 11.4 Å². The summed E-state index contributed by atoms with van der Waals surface area (Å²) in [5.74, 6) is 1.49. The van der Waals surface area contributed by atoms with E-state index < -0.39 is 0 Å². The number of nitrogens with zero attached hydrogens (tertiary/aromatic N) is 3. The molecule has 2 aromatic rings. The Bertz CT molecular complexity index is 1050. The van der Waals surface area contributed by atoms with Gasteiger partial charge in [-0.2, -0.15) is 0 Å². The minimum Gasteiger partial charge on any atom is -0.335 e. The minimum atomic E-state index is -0.274. The number of aryl methyl sites for hydroxylation is 2. The first-order valence-electron chi connectivity index (χ1n) is 12.4. The summed E-state index contributed by atoms with van der Waals surface area (Å²) in [7, 11) is 1.88. The van der Waals surface area contributed by atoms with Gasteiger partial charge in [-0.3, -0.25) is 9.36 Å². The van der Waals surface area contributed by atoms with E-state index in [4.69, 9.17) is 4.98 Å². The van der Waals surface area contributed by atoms with Gasteiger partial charge in [0.1, 0.15) is 5.82 Å². The Balaban J connectivity index is 2.29. The fraction of sp³-hybridized carbons (Fsp3) is 0.571. The average Bonchev–Trinajstić information content (AvgIpc) is 3.13. The normalized spacial score (nSPS) is 14.5. The highest BCUT2D eigenvalue weighted by Gasteiger charge is 2.31. The zero-order valence-corrected chi connectivity index (χ0v) is 22.1. The number of hydrogen-bond donors (Lipinski definition) is 1. The predicted molar refractivity (Wildman–Crippen MR) is 138 cm³/mol. The zero-order valence-electron chi connectivity index (χ0n) is 22.1. The molecule has 1 aliphatic rings. The second kappa shape index (κ2) is 9.84. The molecule has 5 heteroatoms. The molecule has 0 saturated heterocycles. The van der Waals surface area contributed by atoms with Crippen LogP contribution >= 0.6 is 0 Å². The number of carbonyl (C=O) groups is 1. The van der Waals surface area contributed by atoms with E-state index in [1.54, 1.807) is 0 Å². The van der Waals surface area contributed by atoms with Gasteiger partial charge in [-0.1, -0.05) is 32.9 Å². The molecule has 1 N–H and O–H groups in total. The Morgan fingerprint density at radius 2 is 1.91 bits per heavy atom. The molecule has 1 amide bonds. The maximum absolute atomic E-state index is 13.6. The molecule has 0 atom stereocenters. The van der Waals surface area contributed by atoms with Crippen molar-refractivity contribution < 1.29 is 4.79 Å². The highest BCUT2D eigenvalue weighted by molar-refractivity contribution is 5.94. The van der Waals surface area contributed by atoms with Crippen molar-refractivity contribution in [1.82, 2.24) is 19.8 Å². The third-order valence-electron chi connectivity index (χ3n) is 6.70. The van der Waals surface area contributed by atoms with Crippen molar-refractivity contribution in [2.75, 3.05) is 20.1 Å². The van der Waals surface area contributed by atoms with E-state index in [9.17, 15) is 4.79 Å². The highest BCUT2D eigenvalue weighted by Crippen LogP contribution is 2.31. The lowest BCUT2D eigenvalue weighted by Crippen LogP contribution is -2.43. The molecule has 5 nitrogen and oxygen atoms in total. The lowest BCUT2D eigenvalue weighted by molar-refractivity contribution is 0.0649. The van der Waals surface area contributed by atoms with Gasteiger partial charge in [-0.05, 0) is 94.7 Å². The third kappa shape index (κ3) is 5.24. The molecule has 3 rings (SSSR count). The number of nitrogens with one attached hydrogen (secondary N) is 1. The van der Waals surface area contributed by atoms with Crippen LogP contribution in [0.4, 0.5) is 0 Å². The van der Waals surface area contributed by atoms with Gasteiger partial charge in [-0.25, -0.2) is 4.98 Å². The summed E-state index contributed by atoms with van der Waals surface area (Å²) in [5, 5.41) is 3.40. The second-order valence-corrected chi connectivity index (χ2v) is 10.8. The van der Waals surface area contributed by atoms with Crippen molar-refractivity contribution >= 4 is 11.5 Å². The maximum Gasteiger partial charge on any atom is 0.274 e. The number of aromatic nitrogens is 2. The fourth-order valence-corrected chi connectivity index (χ4v) is 4.50. The highest BCUT2D eigenvalue weighted by atomic mass is 16.2. The Morgan fingerprint density at radius 3 is 2.45 bits per heavy atom. The standard InChI is InChI=1S/C28H42N4O/c1-10-23-25(27(33)31(9)28(6,7)8)30-26(21-11-13-29-14-12-21)32(23)24-17-22(15-18(2)3)19(4)16-20(24)5/h11,16-18,29H,10,12-15H2,1-9H3. The van der Waals surface area contributed by atoms with Gasteiger partial charge < -0.3 is 10.2 Å². The topological polar surface area (TPSA) is 50.2 Å². The van der Waals surface area contributed by atoms with E-state index in [0.29, 0.717) is 11.6 Å². The Hall–Kier alpha value is -2.40. The minimum absolute atomic E-state index is 0.0129. The largest absolute Gasteiger partial charge is 0.335 e. The van der Waals surface area contributed by atoms with Crippen LogP contribution in [0.15, 0.2) is 18.2 Å². The number of carbonyl (C=O) groups excluding carboxylic acids is 1. The van der Waals surface area contributed by atoms with E-state index in [0.717, 1.165) is 49.6 Å². The van der Waals surface area contributed by atoms with Crippen LogP contribution in [0.2, 0.25) is 0 Å². The van der Waals surface area contributed by atoms with E-state index in [2.05, 4.69) is 83.5 Å². The van der Waals surface area contributed by atoms with E-state index in [1.165, 1.54) is 22.3 Å². The first-order chi connectivity index (χ1) is 15.5. The quantitative estimate of drug-likeness (QED) is 0.632. The second-order valence-electron chi connectivity index (χ2n) is 10.8. The Labute approximate surface area is 200 Å². The van der Waals surface area contributed by atoms with Crippen molar-refractivity contribution in [1.29, 1.82) is 0 Å². The van der Waals surface area contributed by atoms with Crippen molar-refractivity contribution in [3.05, 3.63) is 52.1 Å². The van der Waals surface area contributed by atoms with E-state index >= 15 is 0 Å². The summed E-state index contributed by atoms with van der Waals surface area (Å²) in [6, 6.07) is 4.62. The monoisotopic (exact) mass is 450 g/mol. The lowest BCUT2D eigenvalue weighted by atomic mass is 9.95. The van der Waals surface area contributed by atoms with Crippen molar-refractivity contribution in [2.24, 2.45) is 5.92 Å². The van der Waals surface area contributed by atoms with Crippen LogP contribution in [-0.2, 0) is 12.8 Å². The van der Waals surface area contributed by atoms with Crippen LogP contribution in [0.1, 0.15) is 86.7 Å². The molecule has 0 aliphatic carbocycles. The third-order valence-corrected chi connectivity index (χ3v) is 6.70. The van der Waals surface area contributed by atoms with Crippen LogP contribution in [0.5, 0.6) is 0 Å². The molecule has 180 valence electrons. The Kier molecular flexibility index (Phi) is 7.52. The summed E-state index contributed by atoms with van der Waals surface area (Å²) in [6.07, 6.45) is 4.91. The van der Waals surface area contributed by atoms with Crippen molar-refractivity contribution in [3.8, 4) is 5.69 Å². The van der Waals surface area contributed by atoms with Crippen LogP contribution in [-0.4, -0.2) is 46.0 Å². The summed E-state index contributed by atoms with van der Waals surface area (Å²) in [5.41, 5.74) is 7.57. The molecule has 0 saturated carbocycles. The molecule has 2 heterocycles. The SMILES string of the molecule is CCc1c(C(=O)N(C)C(C)(C)C)nc(C2=CCNCC2)n1-c1cc(CC(C)C)c(C)cc1C. The molecular weight excluding hydrogens is 408 g/mol. The van der Waals surface area contributed by atoms with Gasteiger partial charge in [0.15, 0.2) is 5.69 Å². The maximum atomic E-state index is 13.6. The lowest BCUT2D eigenvalue weighted by Gasteiger charge is -2.31. The first kappa shape index (κ1) is 25.2. The summed E-state index contributed by atoms with van der Waals surface area (Å²) in [6.45, 7) is 19.0. The summed E-state index contributed by atoms with van der Waals surface area (Å²) in [4.78, 5) is 20.5. The van der Waals surface area contributed by atoms with Gasteiger partial charge in [0.2, 0.25) is 0 Å². The molecule has 0 spiro atoms. The van der Waals surface area contributed by atoms with Gasteiger partial charge >= 0.3 is 0 Å². The number of rotatable bonds is 6.